The molecule has 2 rings (SSSR count). The number of rotatable bonds is 5. The Hall–Kier alpha value is -1.44. The lowest BCUT2D eigenvalue weighted by Gasteiger charge is -2.17. The van der Waals surface area contributed by atoms with Crippen molar-refractivity contribution in [1.82, 2.24) is 0 Å². The fourth-order valence-electron chi connectivity index (χ4n) is 2.75. The Balaban J connectivity index is 1.89. The summed E-state index contributed by atoms with van der Waals surface area (Å²) in [7, 11) is 0. The molecule has 1 aliphatic rings. The van der Waals surface area contributed by atoms with Gasteiger partial charge >= 0.3 is 0 Å². The molecule has 0 spiro atoms. The van der Waals surface area contributed by atoms with Gasteiger partial charge in [0.25, 0.3) is 0 Å². The molecule has 0 aliphatic heterocycles. The van der Waals surface area contributed by atoms with Crippen molar-refractivity contribution >= 4 is 0 Å². The van der Waals surface area contributed by atoms with Crippen molar-refractivity contribution in [2.45, 2.75) is 25.9 Å². The minimum Gasteiger partial charge on any atom is -0.376 e. The summed E-state index contributed by atoms with van der Waals surface area (Å²) in [5.41, 5.74) is 6.82. The molecule has 2 unspecified atom stereocenters. The lowest BCUT2D eigenvalue weighted by Crippen LogP contribution is -2.22. The van der Waals surface area contributed by atoms with Gasteiger partial charge in [0.1, 0.15) is 5.82 Å². The molecule has 0 aromatic heterocycles. The number of ether oxygens (including phenoxy) is 1. The molecule has 2 N–H and O–H groups in total. The molecule has 0 saturated heterocycles. The predicted molar refractivity (Wildman–Crippen MR) is 70.7 cm³/mol. The van der Waals surface area contributed by atoms with Gasteiger partial charge in [-0.2, -0.15) is 5.26 Å². The topological polar surface area (TPSA) is 59.0 Å². The minimum atomic E-state index is -0.335. The maximum absolute atomic E-state index is 13.1. The van der Waals surface area contributed by atoms with Gasteiger partial charge in [0.2, 0.25) is 0 Å². The second-order valence-electron chi connectivity index (χ2n) is 5.12. The van der Waals surface area contributed by atoms with Crippen LogP contribution in [0.5, 0.6) is 0 Å². The van der Waals surface area contributed by atoms with E-state index < -0.39 is 0 Å². The van der Waals surface area contributed by atoms with Gasteiger partial charge in [-0.3, -0.25) is 0 Å². The Morgan fingerprint density at radius 3 is 2.89 bits per heavy atom. The molecule has 0 bridgehead atoms. The van der Waals surface area contributed by atoms with Gasteiger partial charge in [-0.1, -0.05) is 6.42 Å². The molecule has 0 heterocycles. The third-order valence-electron chi connectivity index (χ3n) is 3.90. The lowest BCUT2D eigenvalue weighted by atomic mass is 9.97. The van der Waals surface area contributed by atoms with Crippen LogP contribution in [0.1, 0.15) is 30.4 Å². The summed E-state index contributed by atoms with van der Waals surface area (Å²) < 4.78 is 18.8. The first kappa shape index (κ1) is 14.0. The SMILES string of the molecule is N#Cc1ccc(F)cc1COCC1CCCC1CN. The molecule has 1 aromatic rings. The zero-order valence-electron chi connectivity index (χ0n) is 10.9. The molecule has 3 nitrogen and oxygen atoms in total. The lowest BCUT2D eigenvalue weighted by molar-refractivity contribution is 0.0751. The van der Waals surface area contributed by atoms with E-state index in [1.165, 1.54) is 31.0 Å². The number of benzene rings is 1. The quantitative estimate of drug-likeness (QED) is 0.887. The summed E-state index contributed by atoms with van der Waals surface area (Å²) in [6.45, 7) is 1.63. The molecule has 1 aliphatic carbocycles. The number of nitriles is 1. The third-order valence-corrected chi connectivity index (χ3v) is 3.90. The van der Waals surface area contributed by atoms with Crippen LogP contribution in [-0.2, 0) is 11.3 Å². The number of halogens is 1. The summed E-state index contributed by atoms with van der Waals surface area (Å²) >= 11 is 0. The summed E-state index contributed by atoms with van der Waals surface area (Å²) in [5.74, 6) is 0.713. The first-order chi connectivity index (χ1) is 9.24. The summed E-state index contributed by atoms with van der Waals surface area (Å²) in [5, 5.41) is 8.96. The Morgan fingerprint density at radius 2 is 2.16 bits per heavy atom. The first-order valence-corrected chi connectivity index (χ1v) is 6.71. The summed E-state index contributed by atoms with van der Waals surface area (Å²) in [4.78, 5) is 0. The Kier molecular flexibility index (Phi) is 4.89. The molecule has 1 fully saturated rings. The van der Waals surface area contributed by atoms with Crippen LogP contribution < -0.4 is 5.73 Å². The van der Waals surface area contributed by atoms with Crippen LogP contribution in [0, 0.1) is 29.0 Å². The highest BCUT2D eigenvalue weighted by Gasteiger charge is 2.26. The fraction of sp³-hybridized carbons (Fsp3) is 0.533. The van der Waals surface area contributed by atoms with Crippen LogP contribution in [0.25, 0.3) is 0 Å². The molecule has 1 saturated carbocycles. The fourth-order valence-corrected chi connectivity index (χ4v) is 2.75. The average molecular weight is 262 g/mol. The van der Waals surface area contributed by atoms with Crippen molar-refractivity contribution in [3.8, 4) is 6.07 Å². The van der Waals surface area contributed by atoms with E-state index in [1.54, 1.807) is 0 Å². The van der Waals surface area contributed by atoms with E-state index in [4.69, 9.17) is 15.7 Å². The van der Waals surface area contributed by atoms with E-state index in [0.29, 0.717) is 36.1 Å². The molecule has 0 amide bonds. The van der Waals surface area contributed by atoms with Crippen LogP contribution in [0.3, 0.4) is 0 Å². The molecule has 102 valence electrons. The zero-order chi connectivity index (χ0) is 13.7. The van der Waals surface area contributed by atoms with E-state index in [2.05, 4.69) is 6.07 Å². The van der Waals surface area contributed by atoms with Crippen molar-refractivity contribution in [2.75, 3.05) is 13.2 Å². The summed E-state index contributed by atoms with van der Waals surface area (Å²) in [6, 6.07) is 6.21. The van der Waals surface area contributed by atoms with Crippen LogP contribution in [-0.4, -0.2) is 13.2 Å². The van der Waals surface area contributed by atoms with Crippen LogP contribution in [0.15, 0.2) is 18.2 Å². The van der Waals surface area contributed by atoms with Gasteiger partial charge < -0.3 is 10.5 Å². The number of hydrogen-bond donors (Lipinski definition) is 1. The smallest absolute Gasteiger partial charge is 0.123 e. The Labute approximate surface area is 113 Å². The molecule has 4 heteroatoms. The predicted octanol–water partition coefficient (Wildman–Crippen LogP) is 2.59. The van der Waals surface area contributed by atoms with E-state index in [0.717, 1.165) is 6.42 Å². The monoisotopic (exact) mass is 262 g/mol. The number of hydrogen-bond acceptors (Lipinski definition) is 3. The number of nitrogens with zero attached hydrogens (tertiary/aromatic N) is 1. The minimum absolute atomic E-state index is 0.286. The molecular weight excluding hydrogens is 243 g/mol. The first-order valence-electron chi connectivity index (χ1n) is 6.71. The Bertz CT molecular complexity index is 470. The third kappa shape index (κ3) is 3.52. The van der Waals surface area contributed by atoms with Crippen molar-refractivity contribution < 1.29 is 9.13 Å². The van der Waals surface area contributed by atoms with Gasteiger partial charge in [-0.05, 0) is 55.0 Å². The highest BCUT2D eigenvalue weighted by molar-refractivity contribution is 5.37. The van der Waals surface area contributed by atoms with Crippen molar-refractivity contribution in [1.29, 1.82) is 5.26 Å². The van der Waals surface area contributed by atoms with Crippen LogP contribution in [0.2, 0.25) is 0 Å². The van der Waals surface area contributed by atoms with Crippen LogP contribution in [0.4, 0.5) is 4.39 Å². The van der Waals surface area contributed by atoms with Crippen LogP contribution >= 0.6 is 0 Å². The zero-order valence-corrected chi connectivity index (χ0v) is 10.9. The second-order valence-corrected chi connectivity index (χ2v) is 5.12. The van der Waals surface area contributed by atoms with E-state index in [-0.39, 0.29) is 12.4 Å². The van der Waals surface area contributed by atoms with Gasteiger partial charge in [-0.25, -0.2) is 4.39 Å². The molecule has 1 aromatic carbocycles. The van der Waals surface area contributed by atoms with Gasteiger partial charge in [-0.15, -0.1) is 0 Å². The van der Waals surface area contributed by atoms with E-state index >= 15 is 0 Å². The van der Waals surface area contributed by atoms with Crippen molar-refractivity contribution in [2.24, 2.45) is 17.6 Å². The highest BCUT2D eigenvalue weighted by atomic mass is 19.1. The van der Waals surface area contributed by atoms with Gasteiger partial charge in [0.05, 0.1) is 24.8 Å². The Morgan fingerprint density at radius 1 is 1.37 bits per heavy atom. The molecule has 19 heavy (non-hydrogen) atoms. The summed E-state index contributed by atoms with van der Waals surface area (Å²) in [6.07, 6.45) is 3.53. The normalized spacial score (nSPS) is 22.4. The maximum atomic E-state index is 13.1. The van der Waals surface area contributed by atoms with Crippen molar-refractivity contribution in [3.63, 3.8) is 0 Å². The standard InChI is InChI=1S/C15H19FN2O/c16-15-5-4-12(8-18)14(6-15)10-19-9-13-3-1-2-11(13)7-17/h4-6,11,13H,1-3,7,9-10,17H2. The van der Waals surface area contributed by atoms with Gasteiger partial charge in [0.15, 0.2) is 0 Å². The largest absolute Gasteiger partial charge is 0.376 e. The van der Waals surface area contributed by atoms with E-state index in [9.17, 15) is 4.39 Å². The van der Waals surface area contributed by atoms with Gasteiger partial charge in [0, 0.05) is 0 Å². The highest BCUT2D eigenvalue weighted by Crippen LogP contribution is 2.31. The van der Waals surface area contributed by atoms with E-state index in [1.807, 2.05) is 0 Å². The maximum Gasteiger partial charge on any atom is 0.123 e. The van der Waals surface area contributed by atoms with Crippen molar-refractivity contribution in [3.05, 3.63) is 35.1 Å². The average Bonchev–Trinajstić information content (AvgIpc) is 2.86. The molecule has 0 radical (unpaired) electrons. The molecular formula is C15H19FN2O. The number of nitrogens with two attached hydrogens (primary N) is 1. The second kappa shape index (κ2) is 6.65. The molecule has 2 atom stereocenters.